The number of aliphatic carboxylic acids is 1. The number of carboxylic acids is 1. The Morgan fingerprint density at radius 1 is 1.00 bits per heavy atom. The Morgan fingerprint density at radius 3 is 1.50 bits per heavy atom. The molecule has 0 spiro atoms. The maximum absolute atomic E-state index is 10.1. The molecule has 22 heavy (non-hydrogen) atoms. The van der Waals surface area contributed by atoms with E-state index in [1.165, 1.54) is 13.8 Å². The molecule has 0 amide bonds. The maximum atomic E-state index is 10.1. The Labute approximate surface area is 156 Å². The van der Waals surface area contributed by atoms with Crippen molar-refractivity contribution in [3.05, 3.63) is 22.8 Å². The summed E-state index contributed by atoms with van der Waals surface area (Å²) in [5, 5.41) is 26.6. The standard InChI is InChI=1S/C7H11NO3.C7H13NO.2V/c1-7(2,8-3)5(9)4-6(10)11;1-5-6(9)7(2,3)8-4;;/h5,9H,4H2,1-2H3,(H,10,11);6,9H,5H2,1-3H3;;. The maximum Gasteiger partial charge on any atom is 0.306 e. The number of aliphatic hydroxyl groups is 2. The van der Waals surface area contributed by atoms with E-state index in [4.69, 9.17) is 23.4 Å². The molecule has 2 radical (unpaired) electrons. The van der Waals surface area contributed by atoms with Gasteiger partial charge >= 0.3 is 5.97 Å². The predicted octanol–water partition coefficient (Wildman–Crippen LogP) is 1.97. The molecule has 0 aliphatic heterocycles. The first kappa shape index (κ1) is 29.5. The Bertz CT molecular complexity index is 401. The van der Waals surface area contributed by atoms with E-state index in [2.05, 4.69) is 9.69 Å². The van der Waals surface area contributed by atoms with Crippen LogP contribution in [0.1, 0.15) is 47.5 Å². The molecule has 0 heterocycles. The summed E-state index contributed by atoms with van der Waals surface area (Å²) in [6.07, 6.45) is -1.32. The van der Waals surface area contributed by atoms with E-state index in [0.29, 0.717) is 6.42 Å². The van der Waals surface area contributed by atoms with Crippen molar-refractivity contribution in [3.63, 3.8) is 0 Å². The molecular formula is C14H24N2O4V2. The van der Waals surface area contributed by atoms with Gasteiger partial charge in [-0.1, -0.05) is 6.92 Å². The number of hydrogen-bond donors (Lipinski definition) is 3. The smallest absolute Gasteiger partial charge is 0.306 e. The molecule has 6 nitrogen and oxygen atoms in total. The van der Waals surface area contributed by atoms with Gasteiger partial charge < -0.3 is 25.0 Å². The van der Waals surface area contributed by atoms with E-state index in [9.17, 15) is 9.90 Å². The summed E-state index contributed by atoms with van der Waals surface area (Å²) in [5.41, 5.74) is -1.60. The van der Waals surface area contributed by atoms with Crippen molar-refractivity contribution in [2.45, 2.75) is 70.7 Å². The number of hydrogen-bond acceptors (Lipinski definition) is 3. The van der Waals surface area contributed by atoms with Crippen molar-refractivity contribution in [1.29, 1.82) is 0 Å². The molecule has 0 aromatic carbocycles. The molecule has 0 aliphatic carbocycles. The van der Waals surface area contributed by atoms with Crippen LogP contribution >= 0.6 is 0 Å². The molecule has 0 saturated heterocycles. The van der Waals surface area contributed by atoms with E-state index < -0.39 is 29.3 Å². The Hall–Kier alpha value is -0.461. The predicted molar refractivity (Wildman–Crippen MR) is 75.9 cm³/mol. The number of carboxylic acid groups (broad SMARTS) is 1. The average molecular weight is 386 g/mol. The summed E-state index contributed by atoms with van der Waals surface area (Å²) in [6, 6.07) is 0. The molecule has 0 rings (SSSR count). The minimum Gasteiger partial charge on any atom is -0.481 e. The van der Waals surface area contributed by atoms with Crippen LogP contribution in [-0.2, 0) is 41.9 Å². The Morgan fingerprint density at radius 2 is 1.32 bits per heavy atom. The van der Waals surface area contributed by atoms with Gasteiger partial charge in [-0.2, -0.15) is 0 Å². The monoisotopic (exact) mass is 386 g/mol. The molecule has 8 heteroatoms. The zero-order valence-corrected chi connectivity index (χ0v) is 16.4. The molecule has 0 fully saturated rings. The van der Waals surface area contributed by atoms with Gasteiger partial charge in [0.25, 0.3) is 11.1 Å². The van der Waals surface area contributed by atoms with E-state index >= 15 is 0 Å². The van der Waals surface area contributed by atoms with Gasteiger partial charge in [0.2, 0.25) is 0 Å². The minimum absolute atomic E-state index is 0. The molecule has 2 atom stereocenters. The van der Waals surface area contributed by atoms with Crippen molar-refractivity contribution in [3.8, 4) is 0 Å². The summed E-state index contributed by atoms with van der Waals surface area (Å²) in [4.78, 5) is 16.5. The SMILES string of the molecule is [C-]#[N+]C(C)(C)C(O)CC.[C-]#[N+]C(C)(C)C(O)CC(=O)O.[V].[V]. The number of aliphatic hydroxyl groups excluding tert-OH is 2. The molecule has 0 aromatic rings. The van der Waals surface area contributed by atoms with Crippen LogP contribution in [0.15, 0.2) is 0 Å². The zero-order valence-electron chi connectivity index (χ0n) is 13.6. The zero-order chi connectivity index (χ0) is 16.6. The molecule has 2 unspecified atom stereocenters. The summed E-state index contributed by atoms with van der Waals surface area (Å²) >= 11 is 0. The van der Waals surface area contributed by atoms with Crippen molar-refractivity contribution in [2.24, 2.45) is 0 Å². The van der Waals surface area contributed by atoms with Gasteiger partial charge in [0, 0.05) is 64.8 Å². The Kier molecular flexibility index (Phi) is 17.5. The third-order valence-corrected chi connectivity index (χ3v) is 2.96. The van der Waals surface area contributed by atoms with Crippen LogP contribution in [0.2, 0.25) is 0 Å². The van der Waals surface area contributed by atoms with Crippen LogP contribution in [0.25, 0.3) is 9.69 Å². The molecular weight excluding hydrogens is 362 g/mol. The van der Waals surface area contributed by atoms with Crippen LogP contribution in [0, 0.1) is 13.1 Å². The first-order valence-corrected chi connectivity index (χ1v) is 6.29. The van der Waals surface area contributed by atoms with Crippen molar-refractivity contribution >= 4 is 5.97 Å². The number of carbonyl (C=O) groups is 1. The van der Waals surface area contributed by atoms with Gasteiger partial charge in [-0.15, -0.1) is 0 Å². The van der Waals surface area contributed by atoms with Gasteiger partial charge in [0.05, 0.1) is 6.42 Å². The van der Waals surface area contributed by atoms with E-state index in [1.807, 2.05) is 6.92 Å². The Balaban J connectivity index is -0.000000137. The van der Waals surface area contributed by atoms with Crippen LogP contribution in [0.5, 0.6) is 0 Å². The fourth-order valence-corrected chi connectivity index (χ4v) is 1.06. The van der Waals surface area contributed by atoms with Crippen molar-refractivity contribution in [2.75, 3.05) is 0 Å². The fourth-order valence-electron chi connectivity index (χ4n) is 1.06. The van der Waals surface area contributed by atoms with Gasteiger partial charge in [0.15, 0.2) is 0 Å². The van der Waals surface area contributed by atoms with Crippen LogP contribution < -0.4 is 0 Å². The van der Waals surface area contributed by atoms with Crippen molar-refractivity contribution in [1.82, 2.24) is 0 Å². The van der Waals surface area contributed by atoms with E-state index in [0.717, 1.165) is 0 Å². The first-order valence-electron chi connectivity index (χ1n) is 6.29. The summed E-state index contributed by atoms with van der Waals surface area (Å²) in [7, 11) is 0. The molecule has 124 valence electrons. The van der Waals surface area contributed by atoms with Crippen molar-refractivity contribution < 1.29 is 57.2 Å². The summed E-state index contributed by atoms with van der Waals surface area (Å²) in [5.74, 6) is -1.09. The second-order valence-electron chi connectivity index (χ2n) is 5.57. The fraction of sp³-hybridized carbons (Fsp3) is 0.786. The van der Waals surface area contributed by atoms with E-state index in [1.54, 1.807) is 13.8 Å². The van der Waals surface area contributed by atoms with Gasteiger partial charge in [-0.05, 0) is 6.42 Å². The van der Waals surface area contributed by atoms with E-state index in [-0.39, 0.29) is 43.5 Å². The molecule has 0 saturated carbocycles. The largest absolute Gasteiger partial charge is 0.481 e. The molecule has 3 N–H and O–H groups in total. The molecule has 0 bridgehead atoms. The second kappa shape index (κ2) is 13.0. The van der Waals surface area contributed by atoms with Gasteiger partial charge in [-0.25, -0.2) is 13.1 Å². The van der Waals surface area contributed by atoms with Crippen LogP contribution in [0.4, 0.5) is 0 Å². The van der Waals surface area contributed by atoms with Crippen LogP contribution in [-0.4, -0.2) is 44.6 Å². The van der Waals surface area contributed by atoms with Gasteiger partial charge in [-0.3, -0.25) is 4.79 Å². The summed E-state index contributed by atoms with van der Waals surface area (Å²) in [6.45, 7) is 21.7. The second-order valence-corrected chi connectivity index (χ2v) is 5.57. The quantitative estimate of drug-likeness (QED) is 0.631. The third kappa shape index (κ3) is 12.1. The third-order valence-electron chi connectivity index (χ3n) is 2.96. The molecule has 0 aliphatic rings. The summed E-state index contributed by atoms with van der Waals surface area (Å²) < 4.78 is 0. The topological polar surface area (TPSA) is 86.5 Å². The molecule has 0 aromatic heterocycles. The first-order chi connectivity index (χ1) is 8.94. The minimum atomic E-state index is -1.10. The normalized spacial score (nSPS) is 12.8. The number of nitrogens with zero attached hydrogens (tertiary/aromatic N) is 2. The average Bonchev–Trinajstić information content (AvgIpc) is 2.37. The van der Waals surface area contributed by atoms with Gasteiger partial charge in [0.1, 0.15) is 12.2 Å². The number of rotatable bonds is 5. The van der Waals surface area contributed by atoms with Crippen LogP contribution in [0.3, 0.4) is 0 Å².